The minimum Gasteiger partial charge on any atom is -0.508 e. The summed E-state index contributed by atoms with van der Waals surface area (Å²) in [5.74, 6) is -1.51. The van der Waals surface area contributed by atoms with E-state index in [1.165, 1.54) is 12.1 Å². The third kappa shape index (κ3) is 6.61. The van der Waals surface area contributed by atoms with Crippen LogP contribution in [0.4, 0.5) is 0 Å². The minimum atomic E-state index is -1.75. The van der Waals surface area contributed by atoms with Gasteiger partial charge in [-0.15, -0.1) is 0 Å². The summed E-state index contributed by atoms with van der Waals surface area (Å²) >= 11 is 0. The first-order chi connectivity index (χ1) is 18.6. The second kappa shape index (κ2) is 12.5. The smallest absolute Gasteiger partial charge is 0.229 e. The van der Waals surface area contributed by atoms with Crippen molar-refractivity contribution in [1.82, 2.24) is 9.80 Å². The summed E-state index contributed by atoms with van der Waals surface area (Å²) in [6, 6.07) is 7.49. The maximum atomic E-state index is 13.5. The molecule has 12 heteroatoms. The van der Waals surface area contributed by atoms with Crippen LogP contribution in [-0.4, -0.2) is 122 Å². The molecule has 2 saturated heterocycles. The molecule has 39 heavy (non-hydrogen) atoms. The average molecular weight is 549 g/mol. The summed E-state index contributed by atoms with van der Waals surface area (Å²) < 4.78 is 11.1. The first-order valence-electron chi connectivity index (χ1n) is 12.9. The van der Waals surface area contributed by atoms with Gasteiger partial charge in [0.05, 0.1) is 12.2 Å². The van der Waals surface area contributed by atoms with Crippen molar-refractivity contribution in [2.45, 2.75) is 50.1 Å². The Morgan fingerprint density at radius 1 is 1.00 bits per heavy atom. The number of piperazine rings is 1. The zero-order chi connectivity index (χ0) is 28.3. The van der Waals surface area contributed by atoms with Gasteiger partial charge in [0.15, 0.2) is 5.78 Å². The van der Waals surface area contributed by atoms with Gasteiger partial charge in [0, 0.05) is 45.2 Å². The van der Waals surface area contributed by atoms with Gasteiger partial charge in [-0.2, -0.15) is 0 Å². The molecule has 0 saturated carbocycles. The molecule has 2 aromatic rings. The number of nitrogens with zero attached hydrogens (tertiary/aromatic N) is 2. The van der Waals surface area contributed by atoms with Crippen LogP contribution in [0.1, 0.15) is 27.9 Å². The second-order valence-electron chi connectivity index (χ2n) is 10.1. The molecule has 0 amide bonds. The molecule has 0 aromatic heterocycles. The fraction of sp³-hybridized carbons (Fsp3) is 0.519. The normalized spacial score (nSPS) is 26.4. The van der Waals surface area contributed by atoms with Gasteiger partial charge in [-0.25, -0.2) is 0 Å². The van der Waals surface area contributed by atoms with E-state index >= 15 is 0 Å². The summed E-state index contributed by atoms with van der Waals surface area (Å²) in [4.78, 5) is 17.7. The van der Waals surface area contributed by atoms with Crippen molar-refractivity contribution in [3.05, 3.63) is 47.0 Å². The van der Waals surface area contributed by atoms with E-state index in [-0.39, 0.29) is 47.8 Å². The molecule has 2 aromatic carbocycles. The van der Waals surface area contributed by atoms with Crippen LogP contribution in [-0.2, 0) is 17.7 Å². The van der Waals surface area contributed by atoms with E-state index < -0.39 is 48.8 Å². The third-order valence-electron chi connectivity index (χ3n) is 7.27. The van der Waals surface area contributed by atoms with Gasteiger partial charge in [-0.1, -0.05) is 12.1 Å². The number of hydrogen-bond acceptors (Lipinski definition) is 12. The molecule has 2 aliphatic rings. The van der Waals surface area contributed by atoms with Gasteiger partial charge in [-0.05, 0) is 31.2 Å². The van der Waals surface area contributed by atoms with Crippen LogP contribution < -0.4 is 4.74 Å². The van der Waals surface area contributed by atoms with E-state index in [9.17, 15) is 40.5 Å². The number of carbonyl (C=O) groups excluding carboxylic acids is 1. The van der Waals surface area contributed by atoms with Crippen LogP contribution >= 0.6 is 0 Å². The number of carbonyl (C=O) groups is 1. The Balaban J connectivity index is 1.64. The average Bonchev–Trinajstić information content (AvgIpc) is 2.92. The quantitative estimate of drug-likeness (QED) is 0.201. The van der Waals surface area contributed by atoms with Crippen LogP contribution in [0.5, 0.6) is 23.0 Å². The van der Waals surface area contributed by atoms with E-state index in [2.05, 4.69) is 4.90 Å². The molecule has 0 bridgehead atoms. The number of rotatable bonds is 9. The van der Waals surface area contributed by atoms with Gasteiger partial charge in [-0.3, -0.25) is 9.69 Å². The van der Waals surface area contributed by atoms with Crippen molar-refractivity contribution in [3.63, 3.8) is 0 Å². The number of ketones is 1. The first kappa shape index (κ1) is 29.0. The summed E-state index contributed by atoms with van der Waals surface area (Å²) in [7, 11) is 2.00. The zero-order valence-corrected chi connectivity index (χ0v) is 21.7. The van der Waals surface area contributed by atoms with E-state index in [1.807, 2.05) is 11.9 Å². The van der Waals surface area contributed by atoms with Crippen LogP contribution in [0, 0.1) is 0 Å². The molecule has 2 fully saturated rings. The number of phenols is 3. The maximum Gasteiger partial charge on any atom is 0.229 e. The van der Waals surface area contributed by atoms with Gasteiger partial charge in [0.2, 0.25) is 6.29 Å². The molecule has 0 unspecified atom stereocenters. The number of hydrogen-bond donors (Lipinski definition) is 7. The number of phenolic OH excluding ortho intramolecular Hbond substituents is 3. The molecule has 12 nitrogen and oxygen atoms in total. The van der Waals surface area contributed by atoms with Gasteiger partial charge < -0.3 is 50.1 Å². The van der Waals surface area contributed by atoms with E-state index in [4.69, 9.17) is 9.47 Å². The van der Waals surface area contributed by atoms with Crippen LogP contribution in [0.2, 0.25) is 0 Å². The molecular weight excluding hydrogens is 512 g/mol. The standard InChI is InChI=1S/C27H36N2O10/c1-28-8-10-29(11-9-28)13-17-19(33)12-20(38-27-26(37)25(36)24(35)21(14-30)39-27)22(23(17)34)18(32)7-4-15-2-5-16(31)6-3-15/h2-3,5-6,12,21,24-27,30-31,33-37H,4,7-11,13-14H2,1H3/t21-,24-,25+,26-,27-/m0/s1. The number of aryl methyl sites for hydroxylation is 1. The van der Waals surface area contributed by atoms with Crippen molar-refractivity contribution < 1.29 is 50.0 Å². The SMILES string of the molecule is CN1CCN(Cc2c(O)cc(O[C@H]3O[C@@H](CO)[C@H](O)[C@@H](O)[C@@H]3O)c(C(=O)CCc3ccc(O)cc3)c2O)CC1. The van der Waals surface area contributed by atoms with Gasteiger partial charge in [0.1, 0.15) is 53.0 Å². The first-order valence-corrected chi connectivity index (χ1v) is 12.9. The lowest BCUT2D eigenvalue weighted by molar-refractivity contribution is -0.277. The number of Topliss-reactive ketones (excluding diaryl/α,β-unsaturated/α-hetero) is 1. The Hall–Kier alpha value is -2.97. The van der Waals surface area contributed by atoms with Crippen LogP contribution in [0.3, 0.4) is 0 Å². The van der Waals surface area contributed by atoms with Gasteiger partial charge >= 0.3 is 0 Å². The summed E-state index contributed by atoms with van der Waals surface area (Å²) in [5, 5.41) is 71.8. The highest BCUT2D eigenvalue weighted by atomic mass is 16.7. The van der Waals surface area contributed by atoms with Crippen molar-refractivity contribution in [2.75, 3.05) is 39.8 Å². The van der Waals surface area contributed by atoms with Gasteiger partial charge in [0.25, 0.3) is 0 Å². The Morgan fingerprint density at radius 2 is 1.67 bits per heavy atom. The maximum absolute atomic E-state index is 13.5. The lowest BCUT2D eigenvalue weighted by atomic mass is 9.97. The Morgan fingerprint density at radius 3 is 2.31 bits per heavy atom. The number of aromatic hydroxyl groups is 3. The largest absolute Gasteiger partial charge is 0.508 e. The fourth-order valence-corrected chi connectivity index (χ4v) is 4.76. The lowest BCUT2D eigenvalue weighted by Gasteiger charge is -2.39. The number of benzene rings is 2. The van der Waals surface area contributed by atoms with Crippen molar-refractivity contribution in [3.8, 4) is 23.0 Å². The molecule has 0 radical (unpaired) electrons. The Kier molecular flexibility index (Phi) is 9.28. The molecule has 0 spiro atoms. The molecule has 0 aliphatic carbocycles. The topological polar surface area (TPSA) is 184 Å². The molecule has 4 rings (SSSR count). The summed E-state index contributed by atoms with van der Waals surface area (Å²) in [6.07, 6.45) is -7.71. The van der Waals surface area contributed by atoms with E-state index in [0.717, 1.165) is 24.7 Å². The Bertz CT molecular complexity index is 1130. The highest BCUT2D eigenvalue weighted by Gasteiger charge is 2.45. The predicted molar refractivity (Wildman–Crippen MR) is 138 cm³/mol. The minimum absolute atomic E-state index is 0.0535. The Labute approximate surface area is 225 Å². The molecule has 2 heterocycles. The summed E-state index contributed by atoms with van der Waals surface area (Å²) in [6.45, 7) is 2.51. The molecule has 214 valence electrons. The molecule has 5 atom stereocenters. The number of aliphatic hydroxyl groups is 4. The molecule has 2 aliphatic heterocycles. The predicted octanol–water partition coefficient (Wildman–Crippen LogP) is -0.455. The van der Waals surface area contributed by atoms with Crippen molar-refractivity contribution >= 4 is 5.78 Å². The lowest BCUT2D eigenvalue weighted by Crippen LogP contribution is -2.60. The fourth-order valence-electron chi connectivity index (χ4n) is 4.76. The molecular formula is C27H36N2O10. The monoisotopic (exact) mass is 548 g/mol. The number of aliphatic hydroxyl groups excluding tert-OH is 4. The van der Waals surface area contributed by atoms with E-state index in [1.54, 1.807) is 12.1 Å². The van der Waals surface area contributed by atoms with Crippen LogP contribution in [0.15, 0.2) is 30.3 Å². The van der Waals surface area contributed by atoms with Crippen molar-refractivity contribution in [1.29, 1.82) is 0 Å². The van der Waals surface area contributed by atoms with E-state index in [0.29, 0.717) is 13.1 Å². The second-order valence-corrected chi connectivity index (χ2v) is 10.1. The third-order valence-corrected chi connectivity index (χ3v) is 7.27. The highest BCUT2D eigenvalue weighted by molar-refractivity contribution is 6.02. The van der Waals surface area contributed by atoms with Crippen molar-refractivity contribution in [2.24, 2.45) is 0 Å². The van der Waals surface area contributed by atoms with Crippen LogP contribution in [0.25, 0.3) is 0 Å². The highest BCUT2D eigenvalue weighted by Crippen LogP contribution is 2.41. The number of ether oxygens (including phenoxy) is 2. The molecule has 7 N–H and O–H groups in total. The number of likely N-dealkylation sites (N-methyl/N-ethyl adjacent to an activating group) is 1. The summed E-state index contributed by atoms with van der Waals surface area (Å²) in [5.41, 5.74) is 0.690. The zero-order valence-electron chi connectivity index (χ0n) is 21.7.